The summed E-state index contributed by atoms with van der Waals surface area (Å²) in [4.78, 5) is 19.3. The molecule has 1 N–H and O–H groups in total. The van der Waals surface area contributed by atoms with Gasteiger partial charge in [0, 0.05) is 31.9 Å². The summed E-state index contributed by atoms with van der Waals surface area (Å²) in [7, 11) is 0. The number of fused-ring (bicyclic) bond motifs is 2. The van der Waals surface area contributed by atoms with Gasteiger partial charge in [-0.05, 0) is 43.5 Å². The Kier molecular flexibility index (Phi) is 3.05. The number of nitrogens with one attached hydrogen (secondary N) is 1. The van der Waals surface area contributed by atoms with Crippen LogP contribution in [0.3, 0.4) is 0 Å². The van der Waals surface area contributed by atoms with E-state index in [-0.39, 0.29) is 5.56 Å². The van der Waals surface area contributed by atoms with Gasteiger partial charge >= 0.3 is 0 Å². The lowest BCUT2D eigenvalue weighted by Gasteiger charge is -2.16. The summed E-state index contributed by atoms with van der Waals surface area (Å²) < 4.78 is 1.63. The van der Waals surface area contributed by atoms with Gasteiger partial charge in [-0.2, -0.15) is 0 Å². The van der Waals surface area contributed by atoms with Gasteiger partial charge in [-0.25, -0.2) is 4.98 Å². The van der Waals surface area contributed by atoms with E-state index in [4.69, 9.17) is 0 Å². The van der Waals surface area contributed by atoms with Crippen LogP contribution in [0.2, 0.25) is 0 Å². The first-order valence-corrected chi connectivity index (χ1v) is 7.61. The van der Waals surface area contributed by atoms with Gasteiger partial charge in [0.25, 0.3) is 5.56 Å². The minimum Gasteiger partial charge on any atom is -0.316 e. The maximum atomic E-state index is 12.2. The van der Waals surface area contributed by atoms with Gasteiger partial charge in [0.15, 0.2) is 0 Å². The third kappa shape index (κ3) is 2.36. The molecule has 2 aromatic rings. The largest absolute Gasteiger partial charge is 0.316 e. The molecule has 2 atom stereocenters. The highest BCUT2D eigenvalue weighted by Gasteiger charge is 2.35. The number of rotatable bonds is 2. The Bertz CT molecular complexity index is 727. The molecule has 2 fully saturated rings. The van der Waals surface area contributed by atoms with Crippen molar-refractivity contribution in [3.63, 3.8) is 0 Å². The van der Waals surface area contributed by atoms with Crippen molar-refractivity contribution in [2.24, 2.45) is 11.8 Å². The third-order valence-electron chi connectivity index (χ3n) is 4.71. The zero-order valence-electron chi connectivity index (χ0n) is 12.2. The maximum absolute atomic E-state index is 12.2. The van der Waals surface area contributed by atoms with Crippen LogP contribution in [-0.2, 0) is 6.54 Å². The van der Waals surface area contributed by atoms with Crippen LogP contribution in [0, 0.1) is 18.8 Å². The van der Waals surface area contributed by atoms with Crippen LogP contribution in [0.4, 0.5) is 0 Å². The van der Waals surface area contributed by atoms with E-state index in [9.17, 15) is 4.79 Å². The molecule has 110 valence electrons. The van der Waals surface area contributed by atoms with E-state index in [1.54, 1.807) is 10.5 Å². The Morgan fingerprint density at radius 1 is 1.29 bits per heavy atom. The molecule has 0 aromatic carbocycles. The number of hydrogen-bond donors (Lipinski definition) is 1. The van der Waals surface area contributed by atoms with E-state index in [1.807, 2.05) is 25.3 Å². The van der Waals surface area contributed by atoms with Crippen molar-refractivity contribution in [1.82, 2.24) is 19.6 Å². The van der Waals surface area contributed by atoms with E-state index < -0.39 is 0 Å². The van der Waals surface area contributed by atoms with Crippen molar-refractivity contribution in [3.05, 3.63) is 46.0 Å². The minimum absolute atomic E-state index is 0.0137. The van der Waals surface area contributed by atoms with Crippen LogP contribution in [0.5, 0.6) is 0 Å². The molecule has 4 heterocycles. The molecule has 0 spiro atoms. The normalized spacial score (nSPS) is 25.6. The molecular formula is C16H20N4O. The first-order chi connectivity index (χ1) is 10.2. The smallest absolute Gasteiger partial charge is 0.258 e. The number of nitrogens with zero attached hydrogens (tertiary/aromatic N) is 3. The molecule has 0 aliphatic carbocycles. The fraction of sp³-hybridized carbons (Fsp3) is 0.500. The second kappa shape index (κ2) is 4.93. The molecule has 0 amide bonds. The van der Waals surface area contributed by atoms with Gasteiger partial charge in [0.2, 0.25) is 0 Å². The molecule has 5 heteroatoms. The molecule has 0 radical (unpaired) electrons. The number of likely N-dealkylation sites (tertiary alicyclic amines) is 1. The van der Waals surface area contributed by atoms with Crippen molar-refractivity contribution in [1.29, 1.82) is 0 Å². The fourth-order valence-corrected chi connectivity index (χ4v) is 3.65. The van der Waals surface area contributed by atoms with Crippen LogP contribution in [0.15, 0.2) is 29.2 Å². The van der Waals surface area contributed by atoms with Crippen molar-refractivity contribution < 1.29 is 0 Å². The Morgan fingerprint density at radius 3 is 2.81 bits per heavy atom. The van der Waals surface area contributed by atoms with Crippen molar-refractivity contribution >= 4 is 5.65 Å². The summed E-state index contributed by atoms with van der Waals surface area (Å²) >= 11 is 0. The highest BCUT2D eigenvalue weighted by Crippen LogP contribution is 2.26. The number of aromatic nitrogens is 2. The molecule has 5 nitrogen and oxygen atoms in total. The summed E-state index contributed by atoms with van der Waals surface area (Å²) in [5, 5.41) is 3.45. The lowest BCUT2D eigenvalue weighted by Crippen LogP contribution is -2.27. The van der Waals surface area contributed by atoms with E-state index in [0.717, 1.165) is 61.5 Å². The monoisotopic (exact) mass is 284 g/mol. The Hall–Kier alpha value is -1.72. The van der Waals surface area contributed by atoms with Crippen LogP contribution < -0.4 is 10.9 Å². The molecule has 0 saturated carbocycles. The van der Waals surface area contributed by atoms with Crippen molar-refractivity contribution in [3.8, 4) is 0 Å². The summed E-state index contributed by atoms with van der Waals surface area (Å²) in [6.45, 7) is 7.27. The molecule has 0 bridgehead atoms. The fourth-order valence-electron chi connectivity index (χ4n) is 3.65. The standard InChI is InChI=1S/C16H20N4O/c1-11-2-3-15-18-14(4-16(21)20(15)7-11)10-19-8-12-5-17-6-13(12)9-19/h2-4,7,12-13,17H,5-6,8-10H2,1H3. The molecule has 2 aliphatic heterocycles. The third-order valence-corrected chi connectivity index (χ3v) is 4.71. The van der Waals surface area contributed by atoms with Gasteiger partial charge in [0.05, 0.1) is 5.69 Å². The van der Waals surface area contributed by atoms with Crippen LogP contribution >= 0.6 is 0 Å². The Morgan fingerprint density at radius 2 is 2.05 bits per heavy atom. The van der Waals surface area contributed by atoms with E-state index in [1.165, 1.54) is 0 Å². The Labute approximate surface area is 123 Å². The molecule has 2 saturated heterocycles. The second-order valence-electron chi connectivity index (χ2n) is 6.39. The Balaban J connectivity index is 1.60. The predicted molar refractivity (Wildman–Crippen MR) is 81.3 cm³/mol. The molecule has 21 heavy (non-hydrogen) atoms. The zero-order chi connectivity index (χ0) is 14.4. The minimum atomic E-state index is 0.0137. The summed E-state index contributed by atoms with van der Waals surface area (Å²) in [5.74, 6) is 1.54. The van der Waals surface area contributed by atoms with Gasteiger partial charge in [-0.3, -0.25) is 14.1 Å². The highest BCUT2D eigenvalue weighted by molar-refractivity contribution is 5.39. The summed E-state index contributed by atoms with van der Waals surface area (Å²) in [5.41, 5.74) is 2.71. The first kappa shape index (κ1) is 13.0. The average Bonchev–Trinajstić information content (AvgIpc) is 3.00. The molecule has 4 rings (SSSR count). The van der Waals surface area contributed by atoms with Crippen LogP contribution in [0.1, 0.15) is 11.3 Å². The van der Waals surface area contributed by atoms with E-state index in [2.05, 4.69) is 15.2 Å². The number of pyridine rings is 1. The average molecular weight is 284 g/mol. The molecule has 2 aromatic heterocycles. The molecule has 2 aliphatic rings. The highest BCUT2D eigenvalue weighted by atomic mass is 16.1. The van der Waals surface area contributed by atoms with Crippen LogP contribution in [-0.4, -0.2) is 40.5 Å². The molecular weight excluding hydrogens is 264 g/mol. The van der Waals surface area contributed by atoms with Crippen molar-refractivity contribution in [2.45, 2.75) is 13.5 Å². The number of aryl methyl sites for hydroxylation is 1. The van der Waals surface area contributed by atoms with Crippen LogP contribution in [0.25, 0.3) is 5.65 Å². The lowest BCUT2D eigenvalue weighted by atomic mass is 10.0. The predicted octanol–water partition coefficient (Wildman–Crippen LogP) is 0.654. The maximum Gasteiger partial charge on any atom is 0.258 e. The number of hydrogen-bond acceptors (Lipinski definition) is 4. The SMILES string of the molecule is Cc1ccc2nc(CN3CC4CNCC4C3)cc(=O)n2c1. The summed E-state index contributed by atoms with van der Waals surface area (Å²) in [6.07, 6.45) is 1.85. The second-order valence-corrected chi connectivity index (χ2v) is 6.39. The topological polar surface area (TPSA) is 49.6 Å². The lowest BCUT2D eigenvalue weighted by molar-refractivity contribution is 0.302. The zero-order valence-corrected chi connectivity index (χ0v) is 12.2. The van der Waals surface area contributed by atoms with Crippen molar-refractivity contribution in [2.75, 3.05) is 26.2 Å². The van der Waals surface area contributed by atoms with Gasteiger partial charge in [-0.15, -0.1) is 0 Å². The summed E-state index contributed by atoms with van der Waals surface area (Å²) in [6, 6.07) is 5.60. The van der Waals surface area contributed by atoms with Gasteiger partial charge in [-0.1, -0.05) is 6.07 Å². The molecule has 2 unspecified atom stereocenters. The first-order valence-electron chi connectivity index (χ1n) is 7.61. The van der Waals surface area contributed by atoms with E-state index >= 15 is 0 Å². The quantitative estimate of drug-likeness (QED) is 0.880. The van der Waals surface area contributed by atoms with Gasteiger partial charge in [0.1, 0.15) is 5.65 Å². The van der Waals surface area contributed by atoms with E-state index in [0.29, 0.717) is 0 Å². The van der Waals surface area contributed by atoms with Gasteiger partial charge < -0.3 is 5.32 Å².